The van der Waals surface area contributed by atoms with Crippen molar-refractivity contribution < 1.29 is 32.7 Å². The molecule has 0 aliphatic rings. The number of rotatable bonds is 4. The number of hydrogen-bond donors (Lipinski definition) is 1. The SMILES string of the molecule is [CH2-]NCc1ccc(C=NCC)cc1.[Y]. The second kappa shape index (κ2) is 8.28. The van der Waals surface area contributed by atoms with Crippen LogP contribution in [0.3, 0.4) is 0 Å². The molecule has 1 N–H and O–H groups in total. The summed E-state index contributed by atoms with van der Waals surface area (Å²) < 4.78 is 0. The molecule has 0 fully saturated rings. The predicted octanol–water partition coefficient (Wildman–Crippen LogP) is 2.00. The molecule has 1 radical (unpaired) electrons. The van der Waals surface area contributed by atoms with Crippen LogP contribution in [0.1, 0.15) is 18.1 Å². The minimum Gasteiger partial charge on any atom is -0.469 e. The quantitative estimate of drug-likeness (QED) is 0.653. The molecule has 14 heavy (non-hydrogen) atoms. The van der Waals surface area contributed by atoms with Crippen molar-refractivity contribution in [1.29, 1.82) is 0 Å². The van der Waals surface area contributed by atoms with Crippen molar-refractivity contribution >= 4 is 6.21 Å². The Morgan fingerprint density at radius 1 is 1.36 bits per heavy atom. The summed E-state index contributed by atoms with van der Waals surface area (Å²) in [6, 6.07) is 8.28. The van der Waals surface area contributed by atoms with E-state index in [0.717, 1.165) is 18.7 Å². The van der Waals surface area contributed by atoms with Gasteiger partial charge in [-0.2, -0.15) is 0 Å². The van der Waals surface area contributed by atoms with E-state index in [-0.39, 0.29) is 32.7 Å². The van der Waals surface area contributed by atoms with E-state index in [9.17, 15) is 0 Å². The molecule has 0 saturated heterocycles. The van der Waals surface area contributed by atoms with Crippen LogP contribution < -0.4 is 5.32 Å². The van der Waals surface area contributed by atoms with Gasteiger partial charge >= 0.3 is 0 Å². The third kappa shape index (κ3) is 4.99. The van der Waals surface area contributed by atoms with Crippen molar-refractivity contribution in [2.75, 3.05) is 6.54 Å². The smallest absolute Gasteiger partial charge is 0.0361 e. The Morgan fingerprint density at radius 3 is 2.50 bits per heavy atom. The summed E-state index contributed by atoms with van der Waals surface area (Å²) in [5.41, 5.74) is 2.39. The van der Waals surface area contributed by atoms with Crippen LogP contribution >= 0.6 is 0 Å². The fourth-order valence-corrected chi connectivity index (χ4v) is 1.06. The number of nitrogens with zero attached hydrogens (tertiary/aromatic N) is 1. The van der Waals surface area contributed by atoms with E-state index >= 15 is 0 Å². The molecule has 0 aliphatic heterocycles. The summed E-state index contributed by atoms with van der Waals surface area (Å²) in [6.45, 7) is 3.67. The number of hydrogen-bond acceptors (Lipinski definition) is 2. The minimum absolute atomic E-state index is 0. The third-order valence-electron chi connectivity index (χ3n) is 1.73. The van der Waals surface area contributed by atoms with Crippen LogP contribution in [-0.2, 0) is 39.3 Å². The molecule has 0 aromatic heterocycles. The maximum Gasteiger partial charge on any atom is 0.0361 e. The second-order valence-electron chi connectivity index (χ2n) is 2.80. The summed E-state index contributed by atoms with van der Waals surface area (Å²) >= 11 is 0. The van der Waals surface area contributed by atoms with E-state index in [0.29, 0.717) is 0 Å². The molecule has 0 aliphatic carbocycles. The molecule has 1 aromatic rings. The Labute approximate surface area is 111 Å². The topological polar surface area (TPSA) is 24.4 Å². The first-order valence-corrected chi connectivity index (χ1v) is 4.45. The molecule has 73 valence electrons. The van der Waals surface area contributed by atoms with Crippen molar-refractivity contribution in [3.05, 3.63) is 42.4 Å². The van der Waals surface area contributed by atoms with E-state index in [2.05, 4.69) is 41.6 Å². The Balaban J connectivity index is 0.00000169. The van der Waals surface area contributed by atoms with E-state index in [4.69, 9.17) is 0 Å². The van der Waals surface area contributed by atoms with E-state index in [1.54, 1.807) is 0 Å². The minimum atomic E-state index is 0. The van der Waals surface area contributed by atoms with Crippen LogP contribution in [0.5, 0.6) is 0 Å². The summed E-state index contributed by atoms with van der Waals surface area (Å²) in [5.74, 6) is 0. The van der Waals surface area contributed by atoms with Crippen molar-refractivity contribution in [1.82, 2.24) is 5.32 Å². The molecule has 0 saturated carbocycles. The standard InChI is InChI=1S/C11H15N2.Y/c1-3-13-9-11-6-4-10(5-7-11)8-12-2;/h4-7,9,12H,2-3,8H2,1H3;/q-1;. The maximum atomic E-state index is 4.16. The first-order valence-electron chi connectivity index (χ1n) is 4.45. The monoisotopic (exact) mass is 264 g/mol. The van der Waals surface area contributed by atoms with Crippen molar-refractivity contribution in [2.45, 2.75) is 13.5 Å². The van der Waals surface area contributed by atoms with Gasteiger partial charge in [0.25, 0.3) is 0 Å². The van der Waals surface area contributed by atoms with Gasteiger partial charge in [-0.1, -0.05) is 24.3 Å². The molecular weight excluding hydrogens is 249 g/mol. The molecule has 3 heteroatoms. The van der Waals surface area contributed by atoms with Gasteiger partial charge in [0.05, 0.1) is 0 Å². The van der Waals surface area contributed by atoms with Gasteiger partial charge in [0.1, 0.15) is 0 Å². The van der Waals surface area contributed by atoms with Crippen LogP contribution in [-0.4, -0.2) is 12.8 Å². The van der Waals surface area contributed by atoms with Crippen molar-refractivity contribution in [2.24, 2.45) is 4.99 Å². The van der Waals surface area contributed by atoms with Gasteiger partial charge in [0.2, 0.25) is 0 Å². The van der Waals surface area contributed by atoms with Gasteiger partial charge in [0, 0.05) is 45.5 Å². The number of aliphatic imine (C=N–C) groups is 1. The van der Waals surface area contributed by atoms with Gasteiger partial charge in [-0.05, 0) is 24.6 Å². The maximum absolute atomic E-state index is 4.16. The van der Waals surface area contributed by atoms with Crippen molar-refractivity contribution in [3.63, 3.8) is 0 Å². The van der Waals surface area contributed by atoms with Gasteiger partial charge in [-0.3, -0.25) is 12.0 Å². The molecule has 0 spiro atoms. The van der Waals surface area contributed by atoms with Gasteiger partial charge < -0.3 is 5.32 Å². The van der Waals surface area contributed by atoms with Crippen LogP contribution in [0.25, 0.3) is 0 Å². The van der Waals surface area contributed by atoms with E-state index in [1.807, 2.05) is 13.1 Å². The van der Waals surface area contributed by atoms with Crippen molar-refractivity contribution in [3.8, 4) is 0 Å². The number of nitrogens with one attached hydrogen (secondary N) is 1. The molecule has 0 unspecified atom stereocenters. The molecule has 0 bridgehead atoms. The summed E-state index contributed by atoms with van der Waals surface area (Å²) in [6.07, 6.45) is 1.89. The van der Waals surface area contributed by atoms with E-state index < -0.39 is 0 Å². The second-order valence-corrected chi connectivity index (χ2v) is 2.80. The first kappa shape index (κ1) is 14.0. The average Bonchev–Trinajstić information content (AvgIpc) is 2.17. The molecule has 2 nitrogen and oxygen atoms in total. The first-order chi connectivity index (χ1) is 6.36. The van der Waals surface area contributed by atoms with Gasteiger partial charge in [0.15, 0.2) is 0 Å². The zero-order valence-corrected chi connectivity index (χ0v) is 11.4. The zero-order valence-electron chi connectivity index (χ0n) is 8.53. The molecule has 0 atom stereocenters. The Morgan fingerprint density at radius 2 is 2.00 bits per heavy atom. The van der Waals surface area contributed by atoms with Gasteiger partial charge in [-0.25, -0.2) is 0 Å². The van der Waals surface area contributed by atoms with Crippen LogP contribution in [0, 0.1) is 7.05 Å². The predicted molar refractivity (Wildman–Crippen MR) is 56.8 cm³/mol. The zero-order chi connectivity index (χ0) is 9.52. The molecule has 0 amide bonds. The largest absolute Gasteiger partial charge is 0.469 e. The summed E-state index contributed by atoms with van der Waals surface area (Å²) in [7, 11) is 3.58. The fraction of sp³-hybridized carbons (Fsp3) is 0.273. The summed E-state index contributed by atoms with van der Waals surface area (Å²) in [5, 5.41) is 2.86. The van der Waals surface area contributed by atoms with Crippen LogP contribution in [0.2, 0.25) is 0 Å². The molecule has 1 rings (SSSR count). The Hall–Kier alpha value is -0.0461. The average molecular weight is 264 g/mol. The summed E-state index contributed by atoms with van der Waals surface area (Å²) in [4.78, 5) is 4.16. The molecular formula is C11H15N2Y-. The van der Waals surface area contributed by atoms with E-state index in [1.165, 1.54) is 5.56 Å². The molecule has 0 heterocycles. The van der Waals surface area contributed by atoms with Crippen LogP contribution in [0.4, 0.5) is 0 Å². The number of benzene rings is 1. The third-order valence-corrected chi connectivity index (χ3v) is 1.73. The Bertz CT molecular complexity index is 267. The Kier molecular flexibility index (Phi) is 8.25. The van der Waals surface area contributed by atoms with Gasteiger partial charge in [-0.15, -0.1) is 0 Å². The van der Waals surface area contributed by atoms with Crippen LogP contribution in [0.15, 0.2) is 29.3 Å². The normalized spacial score (nSPS) is 10.1. The fourth-order valence-electron chi connectivity index (χ4n) is 1.06. The molecule has 1 aromatic carbocycles.